The SMILES string of the molecule is NCc1cccc(CCN2CCOC2=O)c1. The van der Waals surface area contributed by atoms with Gasteiger partial charge in [-0.2, -0.15) is 0 Å². The number of carbonyl (C=O) groups excluding carboxylic acids is 1. The van der Waals surface area contributed by atoms with Crippen molar-refractivity contribution in [2.45, 2.75) is 13.0 Å². The highest BCUT2D eigenvalue weighted by atomic mass is 16.6. The molecule has 0 saturated carbocycles. The zero-order valence-electron chi connectivity index (χ0n) is 9.19. The van der Waals surface area contributed by atoms with Gasteiger partial charge < -0.3 is 15.4 Å². The Morgan fingerprint density at radius 3 is 2.88 bits per heavy atom. The molecule has 2 rings (SSSR count). The summed E-state index contributed by atoms with van der Waals surface area (Å²) >= 11 is 0. The summed E-state index contributed by atoms with van der Waals surface area (Å²) in [5.41, 5.74) is 7.91. The number of ether oxygens (including phenoxy) is 1. The zero-order valence-corrected chi connectivity index (χ0v) is 9.19. The van der Waals surface area contributed by atoms with E-state index in [0.29, 0.717) is 26.2 Å². The largest absolute Gasteiger partial charge is 0.448 e. The molecule has 16 heavy (non-hydrogen) atoms. The van der Waals surface area contributed by atoms with Crippen molar-refractivity contribution < 1.29 is 9.53 Å². The van der Waals surface area contributed by atoms with E-state index >= 15 is 0 Å². The Kier molecular flexibility index (Phi) is 3.41. The number of cyclic esters (lactones) is 1. The molecule has 4 heteroatoms. The summed E-state index contributed by atoms with van der Waals surface area (Å²) in [5, 5.41) is 0. The van der Waals surface area contributed by atoms with Crippen molar-refractivity contribution in [1.29, 1.82) is 0 Å². The molecule has 4 nitrogen and oxygen atoms in total. The normalized spacial score (nSPS) is 15.3. The molecule has 0 aromatic heterocycles. The van der Waals surface area contributed by atoms with Crippen LogP contribution in [0.4, 0.5) is 4.79 Å². The Labute approximate surface area is 95.0 Å². The minimum absolute atomic E-state index is 0.199. The maximum Gasteiger partial charge on any atom is 0.409 e. The lowest BCUT2D eigenvalue weighted by atomic mass is 10.1. The van der Waals surface area contributed by atoms with E-state index in [1.165, 1.54) is 5.56 Å². The first-order valence-electron chi connectivity index (χ1n) is 5.49. The summed E-state index contributed by atoms with van der Waals surface area (Å²) in [5.74, 6) is 0. The summed E-state index contributed by atoms with van der Waals surface area (Å²) in [6, 6.07) is 8.15. The van der Waals surface area contributed by atoms with Gasteiger partial charge in [-0.25, -0.2) is 4.79 Å². The van der Waals surface area contributed by atoms with E-state index in [9.17, 15) is 4.79 Å². The highest BCUT2D eigenvalue weighted by Crippen LogP contribution is 2.08. The van der Waals surface area contributed by atoms with Gasteiger partial charge in [-0.15, -0.1) is 0 Å². The number of nitrogens with zero attached hydrogens (tertiary/aromatic N) is 1. The number of benzene rings is 1. The van der Waals surface area contributed by atoms with Crippen molar-refractivity contribution in [3.8, 4) is 0 Å². The lowest BCUT2D eigenvalue weighted by Crippen LogP contribution is -2.26. The summed E-state index contributed by atoms with van der Waals surface area (Å²) in [6.07, 6.45) is 0.651. The molecule has 1 aromatic rings. The predicted molar refractivity (Wildman–Crippen MR) is 61.0 cm³/mol. The highest BCUT2D eigenvalue weighted by molar-refractivity contribution is 5.69. The fourth-order valence-corrected chi connectivity index (χ4v) is 1.81. The van der Waals surface area contributed by atoms with Gasteiger partial charge in [-0.05, 0) is 17.5 Å². The summed E-state index contributed by atoms with van der Waals surface area (Å²) < 4.78 is 4.87. The van der Waals surface area contributed by atoms with Crippen LogP contribution in [0, 0.1) is 0 Å². The molecule has 1 heterocycles. The first-order valence-corrected chi connectivity index (χ1v) is 5.49. The van der Waals surface area contributed by atoms with Gasteiger partial charge in [-0.3, -0.25) is 0 Å². The molecule has 1 aliphatic heterocycles. The maximum atomic E-state index is 11.2. The summed E-state index contributed by atoms with van der Waals surface area (Å²) in [6.45, 7) is 2.49. The van der Waals surface area contributed by atoms with Crippen LogP contribution in [0.5, 0.6) is 0 Å². The standard InChI is InChI=1S/C12H16N2O2/c13-9-11-3-1-2-10(8-11)4-5-14-6-7-16-12(14)15/h1-3,8H,4-7,9,13H2. The third kappa shape index (κ3) is 2.52. The molecule has 86 valence electrons. The number of hydrogen-bond donors (Lipinski definition) is 1. The lowest BCUT2D eigenvalue weighted by molar-refractivity contribution is 0.159. The van der Waals surface area contributed by atoms with Crippen LogP contribution >= 0.6 is 0 Å². The maximum absolute atomic E-state index is 11.2. The van der Waals surface area contributed by atoms with Crippen molar-refractivity contribution in [1.82, 2.24) is 4.90 Å². The average molecular weight is 220 g/mol. The van der Waals surface area contributed by atoms with Crippen molar-refractivity contribution in [3.05, 3.63) is 35.4 Å². The summed E-state index contributed by atoms with van der Waals surface area (Å²) in [4.78, 5) is 12.9. The Balaban J connectivity index is 1.91. The Morgan fingerprint density at radius 2 is 2.19 bits per heavy atom. The molecule has 1 fully saturated rings. The summed E-state index contributed by atoms with van der Waals surface area (Å²) in [7, 11) is 0. The van der Waals surface area contributed by atoms with Gasteiger partial charge in [0.05, 0.1) is 6.54 Å². The predicted octanol–water partition coefficient (Wildman–Crippen LogP) is 1.14. The molecule has 1 amide bonds. The molecule has 1 saturated heterocycles. The molecule has 0 unspecified atom stereocenters. The van der Waals surface area contributed by atoms with Crippen LogP contribution in [0.25, 0.3) is 0 Å². The minimum atomic E-state index is -0.199. The molecule has 0 spiro atoms. The molecular weight excluding hydrogens is 204 g/mol. The van der Waals surface area contributed by atoms with E-state index in [1.807, 2.05) is 12.1 Å². The topological polar surface area (TPSA) is 55.6 Å². The average Bonchev–Trinajstić information content (AvgIpc) is 2.72. The Hall–Kier alpha value is -1.55. The van der Waals surface area contributed by atoms with Gasteiger partial charge in [0, 0.05) is 13.1 Å². The fourth-order valence-electron chi connectivity index (χ4n) is 1.81. The van der Waals surface area contributed by atoms with Crippen LogP contribution < -0.4 is 5.73 Å². The molecule has 0 aliphatic carbocycles. The second kappa shape index (κ2) is 4.99. The van der Waals surface area contributed by atoms with Gasteiger partial charge in [0.2, 0.25) is 0 Å². The van der Waals surface area contributed by atoms with Gasteiger partial charge in [0.15, 0.2) is 0 Å². The number of hydrogen-bond acceptors (Lipinski definition) is 3. The van der Waals surface area contributed by atoms with Crippen LogP contribution in [0.3, 0.4) is 0 Å². The molecule has 2 N–H and O–H groups in total. The van der Waals surface area contributed by atoms with Crippen LogP contribution in [0.2, 0.25) is 0 Å². The van der Waals surface area contributed by atoms with Crippen molar-refractivity contribution in [2.24, 2.45) is 5.73 Å². The smallest absolute Gasteiger partial charge is 0.409 e. The monoisotopic (exact) mass is 220 g/mol. The zero-order chi connectivity index (χ0) is 11.4. The Bertz CT molecular complexity index is 379. The van der Waals surface area contributed by atoms with Crippen LogP contribution in [-0.2, 0) is 17.7 Å². The first kappa shape index (κ1) is 11.0. The minimum Gasteiger partial charge on any atom is -0.448 e. The van der Waals surface area contributed by atoms with Crippen LogP contribution in [0.1, 0.15) is 11.1 Å². The second-order valence-corrected chi connectivity index (χ2v) is 3.88. The number of nitrogens with two attached hydrogens (primary N) is 1. The lowest BCUT2D eigenvalue weighted by Gasteiger charge is -2.12. The van der Waals surface area contributed by atoms with E-state index in [0.717, 1.165) is 12.0 Å². The second-order valence-electron chi connectivity index (χ2n) is 3.88. The van der Waals surface area contributed by atoms with E-state index in [4.69, 9.17) is 10.5 Å². The van der Waals surface area contributed by atoms with Crippen LogP contribution in [-0.4, -0.2) is 30.7 Å². The van der Waals surface area contributed by atoms with E-state index in [2.05, 4.69) is 12.1 Å². The third-order valence-corrected chi connectivity index (χ3v) is 2.74. The number of amides is 1. The van der Waals surface area contributed by atoms with Crippen LogP contribution in [0.15, 0.2) is 24.3 Å². The first-order chi connectivity index (χ1) is 7.79. The van der Waals surface area contributed by atoms with Crippen molar-refractivity contribution in [3.63, 3.8) is 0 Å². The van der Waals surface area contributed by atoms with Gasteiger partial charge in [0.1, 0.15) is 6.61 Å². The van der Waals surface area contributed by atoms with Crippen molar-refractivity contribution >= 4 is 6.09 Å². The molecule has 0 radical (unpaired) electrons. The number of carbonyl (C=O) groups is 1. The molecule has 0 bridgehead atoms. The number of rotatable bonds is 4. The molecule has 1 aliphatic rings. The van der Waals surface area contributed by atoms with Gasteiger partial charge in [0.25, 0.3) is 0 Å². The van der Waals surface area contributed by atoms with E-state index in [-0.39, 0.29) is 6.09 Å². The van der Waals surface area contributed by atoms with Gasteiger partial charge in [-0.1, -0.05) is 24.3 Å². The van der Waals surface area contributed by atoms with Gasteiger partial charge >= 0.3 is 6.09 Å². The molecule has 1 aromatic carbocycles. The van der Waals surface area contributed by atoms with Crippen molar-refractivity contribution in [2.75, 3.05) is 19.7 Å². The highest BCUT2D eigenvalue weighted by Gasteiger charge is 2.20. The quantitative estimate of drug-likeness (QED) is 0.827. The molecule has 0 atom stereocenters. The fraction of sp³-hybridized carbons (Fsp3) is 0.417. The van der Waals surface area contributed by atoms with E-state index < -0.39 is 0 Å². The third-order valence-electron chi connectivity index (χ3n) is 2.74. The Morgan fingerprint density at radius 1 is 1.38 bits per heavy atom. The van der Waals surface area contributed by atoms with E-state index in [1.54, 1.807) is 4.90 Å². The molecular formula is C12H16N2O2.